The molecule has 4 rings (SSSR count). The average molecular weight is 572 g/mol. The van der Waals surface area contributed by atoms with Crippen LogP contribution in [-0.4, -0.2) is 53.2 Å². The van der Waals surface area contributed by atoms with E-state index in [1.54, 1.807) is 13.0 Å². The van der Waals surface area contributed by atoms with Crippen LogP contribution in [-0.2, 0) is 9.53 Å². The highest BCUT2D eigenvalue weighted by atomic mass is 19.1. The van der Waals surface area contributed by atoms with E-state index in [-0.39, 0.29) is 54.1 Å². The van der Waals surface area contributed by atoms with Crippen molar-refractivity contribution in [3.05, 3.63) is 59.7 Å². The molecule has 0 bridgehead atoms. The van der Waals surface area contributed by atoms with Crippen molar-refractivity contribution < 1.29 is 37.6 Å². The SMILES string of the molecule is CCOC(=O)C1CC(Oc2c(F)c(Oc3cccc(N=C(N)N)c3)nc(Oc3cc(C(=N)N)ccc3O)c2F)CN1. The van der Waals surface area contributed by atoms with Crippen LogP contribution in [0.1, 0.15) is 18.9 Å². The zero-order chi connectivity index (χ0) is 29.7. The fraction of sp³-hybridized carbons (Fsp3) is 0.231. The van der Waals surface area contributed by atoms with Gasteiger partial charge in [0.1, 0.15) is 23.7 Å². The van der Waals surface area contributed by atoms with Crippen molar-refractivity contribution >= 4 is 23.5 Å². The summed E-state index contributed by atoms with van der Waals surface area (Å²) in [6.45, 7) is 1.90. The molecule has 1 aliphatic rings. The first-order chi connectivity index (χ1) is 19.5. The van der Waals surface area contributed by atoms with Gasteiger partial charge in [0.25, 0.3) is 11.8 Å². The number of nitrogens with two attached hydrogens (primary N) is 3. The minimum atomic E-state index is -1.35. The van der Waals surface area contributed by atoms with Gasteiger partial charge in [-0.25, -0.2) is 4.99 Å². The van der Waals surface area contributed by atoms with Gasteiger partial charge < -0.3 is 46.6 Å². The molecule has 0 radical (unpaired) electrons. The summed E-state index contributed by atoms with van der Waals surface area (Å²) in [4.78, 5) is 19.8. The van der Waals surface area contributed by atoms with Crippen molar-refractivity contribution in [1.29, 1.82) is 5.41 Å². The van der Waals surface area contributed by atoms with Crippen molar-refractivity contribution in [1.82, 2.24) is 10.3 Å². The van der Waals surface area contributed by atoms with E-state index in [9.17, 15) is 9.90 Å². The van der Waals surface area contributed by atoms with Crippen molar-refractivity contribution in [2.45, 2.75) is 25.5 Å². The molecule has 3 aromatic rings. The molecule has 0 spiro atoms. The van der Waals surface area contributed by atoms with E-state index in [0.29, 0.717) is 0 Å². The lowest BCUT2D eigenvalue weighted by molar-refractivity contribution is -0.145. The lowest BCUT2D eigenvalue weighted by Gasteiger charge is -2.18. The van der Waals surface area contributed by atoms with Crippen LogP contribution in [0.5, 0.6) is 34.8 Å². The molecule has 0 amide bonds. The number of phenolic OH excluding ortho intramolecular Hbond substituents is 1. The summed E-state index contributed by atoms with van der Waals surface area (Å²) in [5, 5.41) is 20.7. The Morgan fingerprint density at radius 3 is 2.56 bits per heavy atom. The van der Waals surface area contributed by atoms with Crippen molar-refractivity contribution in [3.8, 4) is 34.8 Å². The van der Waals surface area contributed by atoms with Crippen molar-refractivity contribution in [3.63, 3.8) is 0 Å². The summed E-state index contributed by atoms with van der Waals surface area (Å²) in [6, 6.07) is 8.87. The molecule has 41 heavy (non-hydrogen) atoms. The van der Waals surface area contributed by atoms with Gasteiger partial charge in [-0.05, 0) is 37.3 Å². The lowest BCUT2D eigenvalue weighted by atomic mass is 10.2. The molecule has 1 saturated heterocycles. The number of halogens is 2. The Balaban J connectivity index is 1.72. The molecular formula is C26H27F2N7O6. The van der Waals surface area contributed by atoms with Crippen LogP contribution in [0.25, 0.3) is 0 Å². The standard InChI is InChI=1S/C26H27F2N7O6/c1-2-38-25(37)16-10-15(11-33-16)39-21-19(27)23(40-14-5-3-4-13(9-14)34-26(31)32)35-24(20(21)28)41-18-8-12(22(29)30)6-7-17(18)36/h3-9,15-16,33,36H,2,10-11H2,1H3,(H3,29,30)(H4,31,32,34). The van der Waals surface area contributed by atoms with Gasteiger partial charge in [0.05, 0.1) is 12.3 Å². The summed E-state index contributed by atoms with van der Waals surface area (Å²) < 4.78 is 53.0. The second kappa shape index (κ2) is 12.3. The van der Waals surface area contributed by atoms with E-state index in [0.717, 1.165) is 0 Å². The second-order valence-corrected chi connectivity index (χ2v) is 8.70. The first kappa shape index (κ1) is 28.8. The van der Waals surface area contributed by atoms with E-state index in [1.807, 2.05) is 0 Å². The maximum Gasteiger partial charge on any atom is 0.323 e. The maximum atomic E-state index is 15.7. The number of pyridine rings is 1. The summed E-state index contributed by atoms with van der Waals surface area (Å²) in [7, 11) is 0. The van der Waals surface area contributed by atoms with Crippen LogP contribution in [0.4, 0.5) is 14.5 Å². The topological polar surface area (TPSA) is 213 Å². The second-order valence-electron chi connectivity index (χ2n) is 8.70. The molecule has 2 heterocycles. The van der Waals surface area contributed by atoms with E-state index in [4.69, 9.17) is 41.6 Å². The number of nitrogens with zero attached hydrogens (tertiary/aromatic N) is 2. The number of aromatic hydroxyl groups is 1. The van der Waals surface area contributed by atoms with Gasteiger partial charge in [0.2, 0.25) is 17.4 Å². The van der Waals surface area contributed by atoms with Gasteiger partial charge in [-0.2, -0.15) is 13.8 Å². The van der Waals surface area contributed by atoms with Crippen LogP contribution in [0.2, 0.25) is 0 Å². The molecule has 216 valence electrons. The van der Waals surface area contributed by atoms with Crippen LogP contribution in [0, 0.1) is 17.0 Å². The molecule has 9 N–H and O–H groups in total. The van der Waals surface area contributed by atoms with Crippen LogP contribution < -0.4 is 36.7 Å². The number of aromatic nitrogens is 1. The number of esters is 1. The Morgan fingerprint density at radius 1 is 1.15 bits per heavy atom. The van der Waals surface area contributed by atoms with Crippen molar-refractivity contribution in [2.24, 2.45) is 22.2 Å². The van der Waals surface area contributed by atoms with Gasteiger partial charge in [0, 0.05) is 24.6 Å². The zero-order valence-corrected chi connectivity index (χ0v) is 21.7. The molecule has 0 saturated carbocycles. The molecule has 1 fully saturated rings. The number of nitrogen functional groups attached to an aromatic ring is 1. The van der Waals surface area contributed by atoms with Crippen LogP contribution in [0.3, 0.4) is 0 Å². The Kier molecular flexibility index (Phi) is 8.67. The zero-order valence-electron chi connectivity index (χ0n) is 21.7. The molecule has 2 unspecified atom stereocenters. The molecule has 13 nitrogen and oxygen atoms in total. The highest BCUT2D eigenvalue weighted by Crippen LogP contribution is 2.40. The molecule has 1 aromatic heterocycles. The third-order valence-corrected chi connectivity index (χ3v) is 5.69. The first-order valence-electron chi connectivity index (χ1n) is 12.2. The minimum Gasteiger partial charge on any atom is -0.504 e. The number of carbonyl (C=O) groups is 1. The van der Waals surface area contributed by atoms with E-state index in [1.165, 1.54) is 36.4 Å². The summed E-state index contributed by atoms with van der Waals surface area (Å²) >= 11 is 0. The minimum absolute atomic E-state index is 0.0359. The van der Waals surface area contributed by atoms with Gasteiger partial charge >= 0.3 is 5.97 Å². The van der Waals surface area contributed by atoms with Crippen LogP contribution >= 0.6 is 0 Å². The quantitative estimate of drug-likeness (QED) is 0.118. The third-order valence-electron chi connectivity index (χ3n) is 5.69. The molecule has 2 aromatic carbocycles. The van der Waals surface area contributed by atoms with Crippen LogP contribution in [0.15, 0.2) is 47.5 Å². The Morgan fingerprint density at radius 2 is 1.88 bits per heavy atom. The molecular weight excluding hydrogens is 544 g/mol. The van der Waals surface area contributed by atoms with Gasteiger partial charge in [-0.1, -0.05) is 6.07 Å². The number of ether oxygens (including phenoxy) is 4. The largest absolute Gasteiger partial charge is 0.504 e. The predicted molar refractivity (Wildman–Crippen MR) is 143 cm³/mol. The summed E-state index contributed by atoms with van der Waals surface area (Å²) in [6.07, 6.45) is -0.773. The van der Waals surface area contributed by atoms with Gasteiger partial charge in [-0.3, -0.25) is 10.2 Å². The number of hydrogen-bond acceptors (Lipinski definition) is 10. The fourth-order valence-electron chi connectivity index (χ4n) is 3.85. The molecule has 2 atom stereocenters. The third kappa shape index (κ3) is 6.88. The summed E-state index contributed by atoms with van der Waals surface area (Å²) in [5.41, 5.74) is 16.8. The number of aliphatic imine (C=N–C) groups is 1. The monoisotopic (exact) mass is 571 g/mol. The lowest BCUT2D eigenvalue weighted by Crippen LogP contribution is -2.32. The number of carbonyl (C=O) groups excluding carboxylic acids is 1. The van der Waals surface area contributed by atoms with E-state index >= 15 is 8.78 Å². The molecule has 0 aliphatic carbocycles. The number of rotatable bonds is 10. The average Bonchev–Trinajstić information content (AvgIpc) is 3.39. The van der Waals surface area contributed by atoms with E-state index in [2.05, 4.69) is 15.3 Å². The number of hydrogen-bond donors (Lipinski definition) is 6. The fourth-order valence-corrected chi connectivity index (χ4v) is 3.85. The van der Waals surface area contributed by atoms with E-state index < -0.39 is 53.0 Å². The number of amidine groups is 1. The van der Waals surface area contributed by atoms with Gasteiger partial charge in [0.15, 0.2) is 17.5 Å². The molecule has 15 heteroatoms. The highest BCUT2D eigenvalue weighted by molar-refractivity contribution is 5.95. The Hall–Kier alpha value is -5.18. The Labute approximate surface area is 232 Å². The normalized spacial score (nSPS) is 16.1. The predicted octanol–water partition coefficient (Wildman–Crippen LogP) is 2.51. The smallest absolute Gasteiger partial charge is 0.323 e. The van der Waals surface area contributed by atoms with Gasteiger partial charge in [-0.15, -0.1) is 0 Å². The highest BCUT2D eigenvalue weighted by Gasteiger charge is 2.34. The Bertz CT molecular complexity index is 1500. The number of nitrogens with one attached hydrogen (secondary N) is 2. The van der Waals surface area contributed by atoms with Crippen molar-refractivity contribution in [2.75, 3.05) is 13.2 Å². The summed E-state index contributed by atoms with van der Waals surface area (Å²) in [5.74, 6) is -6.94. The maximum absolute atomic E-state index is 15.7. The number of benzene rings is 2. The molecule has 1 aliphatic heterocycles. The first-order valence-corrected chi connectivity index (χ1v) is 12.2. The number of phenols is 1. The number of guanidine groups is 1.